The molecular weight excluding hydrogens is 250 g/mol. The Morgan fingerprint density at radius 1 is 1.06 bits per heavy atom. The average molecular weight is 267 g/mol. The highest BCUT2D eigenvalue weighted by atomic mass is 32.1. The van der Waals surface area contributed by atoms with Gasteiger partial charge < -0.3 is 5.73 Å². The van der Waals surface area contributed by atoms with Crippen LogP contribution in [0.2, 0.25) is 0 Å². The molecule has 0 aromatic carbocycles. The zero-order valence-electron chi connectivity index (χ0n) is 9.76. The zero-order valence-corrected chi connectivity index (χ0v) is 11.4. The van der Waals surface area contributed by atoms with Gasteiger partial charge in [0, 0.05) is 17.7 Å². The summed E-state index contributed by atoms with van der Waals surface area (Å²) in [4.78, 5) is 1.46. The Morgan fingerprint density at radius 3 is 2.47 bits per heavy atom. The molecule has 0 bridgehead atoms. The third kappa shape index (κ3) is 4.18. The molecule has 2 heterocycles. The van der Waals surface area contributed by atoms with Crippen LogP contribution in [0.4, 0.5) is 0 Å². The van der Waals surface area contributed by atoms with Crippen LogP contribution in [0, 0.1) is 0 Å². The molecule has 0 saturated carbocycles. The molecule has 2 aromatic heterocycles. The first-order valence-corrected chi connectivity index (χ1v) is 7.62. The van der Waals surface area contributed by atoms with Crippen molar-refractivity contribution in [1.82, 2.24) is 10.2 Å². The van der Waals surface area contributed by atoms with Crippen LogP contribution in [0.3, 0.4) is 0 Å². The van der Waals surface area contributed by atoms with Gasteiger partial charge in [-0.1, -0.05) is 6.07 Å². The number of hydrogen-bond donors (Lipinski definition) is 1. The Hall–Kier alpha value is -0.780. The van der Waals surface area contributed by atoms with E-state index in [1.165, 1.54) is 4.88 Å². The average Bonchev–Trinajstić information content (AvgIpc) is 2.98. The minimum Gasteiger partial charge on any atom is -0.330 e. The molecule has 0 atom stereocenters. The largest absolute Gasteiger partial charge is 0.330 e. The summed E-state index contributed by atoms with van der Waals surface area (Å²) in [5.74, 6) is 0. The molecule has 0 unspecified atom stereocenters. The molecule has 0 amide bonds. The maximum atomic E-state index is 5.48. The van der Waals surface area contributed by atoms with Crippen molar-refractivity contribution < 1.29 is 0 Å². The van der Waals surface area contributed by atoms with Crippen molar-refractivity contribution >= 4 is 22.7 Å². The van der Waals surface area contributed by atoms with Crippen LogP contribution in [0.25, 0.3) is 0 Å². The van der Waals surface area contributed by atoms with E-state index in [1.807, 2.05) is 11.3 Å². The lowest BCUT2D eigenvalue weighted by molar-refractivity contribution is 0.790. The van der Waals surface area contributed by atoms with Gasteiger partial charge in [0.2, 0.25) is 0 Å². The molecule has 0 aliphatic rings. The molecular formula is C12H17N3S2. The van der Waals surface area contributed by atoms with E-state index in [9.17, 15) is 0 Å². The molecule has 0 fully saturated rings. The Morgan fingerprint density at radius 2 is 1.82 bits per heavy atom. The summed E-state index contributed by atoms with van der Waals surface area (Å²) < 4.78 is 0. The van der Waals surface area contributed by atoms with Gasteiger partial charge >= 0.3 is 0 Å². The van der Waals surface area contributed by atoms with Crippen LogP contribution in [0.1, 0.15) is 27.7 Å². The molecule has 0 aliphatic heterocycles. The highest BCUT2D eigenvalue weighted by molar-refractivity contribution is 7.11. The summed E-state index contributed by atoms with van der Waals surface area (Å²) in [6.07, 6.45) is 5.32. The predicted molar refractivity (Wildman–Crippen MR) is 73.6 cm³/mol. The lowest BCUT2D eigenvalue weighted by atomic mass is 10.2. The van der Waals surface area contributed by atoms with Crippen molar-refractivity contribution in [3.63, 3.8) is 0 Å². The first-order valence-electron chi connectivity index (χ1n) is 5.92. The van der Waals surface area contributed by atoms with Gasteiger partial charge in [-0.3, -0.25) is 0 Å². The van der Waals surface area contributed by atoms with E-state index in [0.717, 1.165) is 48.7 Å². The Balaban J connectivity index is 1.73. The molecule has 0 aliphatic carbocycles. The lowest BCUT2D eigenvalue weighted by Crippen LogP contribution is -1.99. The Kier molecular flexibility index (Phi) is 5.09. The van der Waals surface area contributed by atoms with E-state index in [-0.39, 0.29) is 0 Å². The summed E-state index contributed by atoms with van der Waals surface area (Å²) in [6.45, 7) is 0.729. The SMILES string of the molecule is NCCCc1nnc(CCCc2cccs2)s1. The predicted octanol–water partition coefficient (Wildman–Crippen LogP) is 2.67. The maximum Gasteiger partial charge on any atom is 0.117 e. The van der Waals surface area contributed by atoms with Crippen molar-refractivity contribution in [1.29, 1.82) is 0 Å². The molecule has 17 heavy (non-hydrogen) atoms. The molecule has 2 aromatic rings. The maximum absolute atomic E-state index is 5.48. The smallest absolute Gasteiger partial charge is 0.117 e. The third-order valence-electron chi connectivity index (χ3n) is 2.50. The van der Waals surface area contributed by atoms with Crippen LogP contribution < -0.4 is 5.73 Å². The highest BCUT2D eigenvalue weighted by Crippen LogP contribution is 2.16. The van der Waals surface area contributed by atoms with Crippen molar-refractivity contribution in [3.05, 3.63) is 32.4 Å². The van der Waals surface area contributed by atoms with Gasteiger partial charge in [0.05, 0.1) is 0 Å². The number of thiophene rings is 1. The second kappa shape index (κ2) is 6.83. The quantitative estimate of drug-likeness (QED) is 0.839. The van der Waals surface area contributed by atoms with E-state index in [0.29, 0.717) is 0 Å². The highest BCUT2D eigenvalue weighted by Gasteiger charge is 2.04. The van der Waals surface area contributed by atoms with Crippen molar-refractivity contribution in [2.45, 2.75) is 32.1 Å². The topological polar surface area (TPSA) is 51.8 Å². The van der Waals surface area contributed by atoms with Gasteiger partial charge in [0.25, 0.3) is 0 Å². The van der Waals surface area contributed by atoms with Gasteiger partial charge in [-0.25, -0.2) is 0 Å². The minimum atomic E-state index is 0.729. The number of hydrogen-bond acceptors (Lipinski definition) is 5. The summed E-state index contributed by atoms with van der Waals surface area (Å²) in [6, 6.07) is 4.30. The fourth-order valence-electron chi connectivity index (χ4n) is 1.61. The third-order valence-corrected chi connectivity index (χ3v) is 4.48. The molecule has 92 valence electrons. The van der Waals surface area contributed by atoms with Gasteiger partial charge in [0.15, 0.2) is 0 Å². The van der Waals surface area contributed by atoms with Crippen molar-refractivity contribution in [2.75, 3.05) is 6.54 Å². The van der Waals surface area contributed by atoms with Gasteiger partial charge in [-0.15, -0.1) is 32.9 Å². The van der Waals surface area contributed by atoms with E-state index in [2.05, 4.69) is 27.7 Å². The first kappa shape index (κ1) is 12.7. The molecule has 5 heteroatoms. The minimum absolute atomic E-state index is 0.729. The normalized spacial score (nSPS) is 10.9. The second-order valence-corrected chi connectivity index (χ2v) is 6.09. The fraction of sp³-hybridized carbons (Fsp3) is 0.500. The van der Waals surface area contributed by atoms with Crippen LogP contribution in [0.15, 0.2) is 17.5 Å². The first-order chi connectivity index (χ1) is 8.38. The lowest BCUT2D eigenvalue weighted by Gasteiger charge is -1.94. The van der Waals surface area contributed by atoms with Crippen molar-refractivity contribution in [2.24, 2.45) is 5.73 Å². The fourth-order valence-corrected chi connectivity index (χ4v) is 3.29. The molecule has 0 saturated heterocycles. The standard InChI is InChI=1S/C12H17N3S2/c13-8-2-7-12-15-14-11(17-12)6-1-4-10-5-3-9-16-10/h3,5,9H,1-2,4,6-8,13H2. The summed E-state index contributed by atoms with van der Waals surface area (Å²) >= 11 is 3.56. The number of nitrogens with zero attached hydrogens (tertiary/aromatic N) is 2. The van der Waals surface area contributed by atoms with E-state index >= 15 is 0 Å². The van der Waals surface area contributed by atoms with Gasteiger partial charge in [-0.05, 0) is 37.3 Å². The molecule has 0 radical (unpaired) electrons. The van der Waals surface area contributed by atoms with Crippen LogP contribution in [-0.4, -0.2) is 16.7 Å². The van der Waals surface area contributed by atoms with Crippen LogP contribution in [0.5, 0.6) is 0 Å². The van der Waals surface area contributed by atoms with Gasteiger partial charge in [0.1, 0.15) is 10.0 Å². The van der Waals surface area contributed by atoms with E-state index in [1.54, 1.807) is 11.3 Å². The summed E-state index contributed by atoms with van der Waals surface area (Å²) in [5, 5.41) is 12.8. The van der Waals surface area contributed by atoms with Gasteiger partial charge in [-0.2, -0.15) is 0 Å². The molecule has 2 rings (SSSR count). The van der Waals surface area contributed by atoms with Crippen LogP contribution >= 0.6 is 22.7 Å². The second-order valence-electron chi connectivity index (χ2n) is 3.91. The monoisotopic (exact) mass is 267 g/mol. The number of rotatable bonds is 7. The van der Waals surface area contributed by atoms with E-state index < -0.39 is 0 Å². The Labute approximate surface area is 110 Å². The molecule has 3 nitrogen and oxygen atoms in total. The summed E-state index contributed by atoms with van der Waals surface area (Å²) in [5.41, 5.74) is 5.48. The molecule has 0 spiro atoms. The Bertz CT molecular complexity index is 423. The summed E-state index contributed by atoms with van der Waals surface area (Å²) in [7, 11) is 0. The number of aromatic nitrogens is 2. The number of nitrogens with two attached hydrogens (primary N) is 1. The molecule has 2 N–H and O–H groups in total. The van der Waals surface area contributed by atoms with E-state index in [4.69, 9.17) is 5.73 Å². The van der Waals surface area contributed by atoms with Crippen molar-refractivity contribution in [3.8, 4) is 0 Å². The van der Waals surface area contributed by atoms with Crippen LogP contribution in [-0.2, 0) is 19.3 Å². The zero-order chi connectivity index (χ0) is 11.9. The number of aryl methyl sites for hydroxylation is 3.